The van der Waals surface area contributed by atoms with Gasteiger partial charge in [0.25, 0.3) is 0 Å². The molecule has 1 aromatic carbocycles. The molecule has 0 radical (unpaired) electrons. The topological polar surface area (TPSA) is 59.2 Å². The Bertz CT molecular complexity index is 719. The van der Waals surface area contributed by atoms with Gasteiger partial charge in [0.05, 0.1) is 28.3 Å². The second kappa shape index (κ2) is 6.74. The smallest absolute Gasteiger partial charge is 0.399 e. The number of benzene rings is 1. The maximum atomic E-state index is 6.14. The Morgan fingerprint density at radius 3 is 2.40 bits per heavy atom. The van der Waals surface area contributed by atoms with E-state index in [-0.39, 0.29) is 18.3 Å². The molecular formula is C19H30BN3O2. The van der Waals surface area contributed by atoms with Crippen molar-refractivity contribution in [1.29, 1.82) is 0 Å². The third kappa shape index (κ3) is 3.35. The average Bonchev–Trinajstić information content (AvgIpc) is 3.27. The van der Waals surface area contributed by atoms with Gasteiger partial charge < -0.3 is 19.6 Å². The first-order valence-corrected chi connectivity index (χ1v) is 9.44. The van der Waals surface area contributed by atoms with Crippen molar-refractivity contribution >= 4 is 23.6 Å². The minimum atomic E-state index is -0.333. The molecule has 1 aromatic heterocycles. The van der Waals surface area contributed by atoms with Gasteiger partial charge in [-0.25, -0.2) is 4.98 Å². The number of hydrogen-bond acceptors (Lipinski definition) is 4. The zero-order valence-corrected chi connectivity index (χ0v) is 16.3. The fraction of sp³-hybridized carbons (Fsp3) is 0.632. The van der Waals surface area contributed by atoms with E-state index in [1.165, 1.54) is 6.42 Å². The molecule has 2 aromatic rings. The highest BCUT2D eigenvalue weighted by molar-refractivity contribution is 6.62. The molecule has 25 heavy (non-hydrogen) atoms. The van der Waals surface area contributed by atoms with E-state index < -0.39 is 0 Å². The summed E-state index contributed by atoms with van der Waals surface area (Å²) in [6.45, 7) is 13.4. The molecule has 4 rings (SSSR count). The fourth-order valence-corrected chi connectivity index (χ4v) is 3.26. The van der Waals surface area contributed by atoms with Gasteiger partial charge in [-0.1, -0.05) is 19.9 Å². The standard InChI is InChI=1S/C17H24BN3O2.C2H6/c1-16(2)17(3,4)23-18(22-16)11-7-8-12-14(10-11)21-15(20-12)13-6-5-9-19-13;1-2/h7-8,10,13,19H,5-6,9H2,1-4H3,(H,20,21);1-2H3. The maximum absolute atomic E-state index is 6.14. The summed E-state index contributed by atoms with van der Waals surface area (Å²) in [5.74, 6) is 1.03. The van der Waals surface area contributed by atoms with Crippen molar-refractivity contribution in [3.05, 3.63) is 24.0 Å². The molecule has 2 fully saturated rings. The number of aromatic nitrogens is 2. The number of aromatic amines is 1. The number of nitrogens with zero attached hydrogens (tertiary/aromatic N) is 1. The lowest BCUT2D eigenvalue weighted by Crippen LogP contribution is -2.41. The van der Waals surface area contributed by atoms with E-state index in [0.29, 0.717) is 6.04 Å². The third-order valence-electron chi connectivity index (χ3n) is 5.44. The molecule has 136 valence electrons. The van der Waals surface area contributed by atoms with Gasteiger partial charge in [-0.15, -0.1) is 0 Å². The molecule has 0 spiro atoms. The Morgan fingerprint density at radius 2 is 1.80 bits per heavy atom. The number of H-pyrrole nitrogens is 1. The van der Waals surface area contributed by atoms with Crippen molar-refractivity contribution in [2.45, 2.75) is 71.6 Å². The van der Waals surface area contributed by atoms with E-state index >= 15 is 0 Å². The quantitative estimate of drug-likeness (QED) is 0.822. The zero-order chi connectivity index (χ0) is 18.2. The van der Waals surface area contributed by atoms with Crippen LogP contribution in [-0.2, 0) is 9.31 Å². The van der Waals surface area contributed by atoms with Crippen LogP contribution in [-0.4, -0.2) is 34.8 Å². The molecule has 0 amide bonds. The summed E-state index contributed by atoms with van der Waals surface area (Å²) in [6, 6.07) is 6.55. The van der Waals surface area contributed by atoms with Gasteiger partial charge in [0, 0.05) is 0 Å². The van der Waals surface area contributed by atoms with E-state index in [1.807, 2.05) is 19.9 Å². The molecule has 2 aliphatic heterocycles. The Labute approximate surface area is 151 Å². The number of fused-ring (bicyclic) bond motifs is 1. The van der Waals surface area contributed by atoms with Crippen LogP contribution in [0.15, 0.2) is 18.2 Å². The Morgan fingerprint density at radius 1 is 1.12 bits per heavy atom. The minimum absolute atomic E-state index is 0.320. The third-order valence-corrected chi connectivity index (χ3v) is 5.44. The predicted octanol–water partition coefficient (Wildman–Crippen LogP) is 3.31. The molecule has 2 saturated heterocycles. The van der Waals surface area contributed by atoms with Crippen molar-refractivity contribution in [2.75, 3.05) is 6.54 Å². The van der Waals surface area contributed by atoms with Crippen LogP contribution in [0.5, 0.6) is 0 Å². The van der Waals surface area contributed by atoms with E-state index in [0.717, 1.165) is 35.3 Å². The highest BCUT2D eigenvalue weighted by Crippen LogP contribution is 2.36. The first kappa shape index (κ1) is 18.4. The Kier molecular flexibility index (Phi) is 4.97. The van der Waals surface area contributed by atoms with Gasteiger partial charge in [-0.2, -0.15) is 0 Å². The normalized spacial score (nSPS) is 24.4. The van der Waals surface area contributed by atoms with Crippen LogP contribution in [0.3, 0.4) is 0 Å². The van der Waals surface area contributed by atoms with E-state index in [2.05, 4.69) is 50.1 Å². The average molecular weight is 343 g/mol. The largest absolute Gasteiger partial charge is 0.494 e. The molecular weight excluding hydrogens is 313 g/mol. The molecule has 1 atom stereocenters. The summed E-state index contributed by atoms with van der Waals surface area (Å²) in [5, 5.41) is 3.48. The lowest BCUT2D eigenvalue weighted by Gasteiger charge is -2.32. The molecule has 1 unspecified atom stereocenters. The van der Waals surface area contributed by atoms with Gasteiger partial charge in [0.2, 0.25) is 0 Å². The van der Waals surface area contributed by atoms with Crippen molar-refractivity contribution in [3.8, 4) is 0 Å². The van der Waals surface area contributed by atoms with E-state index in [4.69, 9.17) is 14.3 Å². The van der Waals surface area contributed by atoms with Crippen molar-refractivity contribution < 1.29 is 9.31 Å². The van der Waals surface area contributed by atoms with E-state index in [9.17, 15) is 0 Å². The van der Waals surface area contributed by atoms with E-state index in [1.54, 1.807) is 0 Å². The van der Waals surface area contributed by atoms with Gasteiger partial charge in [-0.05, 0) is 64.7 Å². The molecule has 0 aliphatic carbocycles. The van der Waals surface area contributed by atoms with Crippen LogP contribution >= 0.6 is 0 Å². The second-order valence-electron chi connectivity index (χ2n) is 7.64. The van der Waals surface area contributed by atoms with Crippen LogP contribution in [0.4, 0.5) is 0 Å². The van der Waals surface area contributed by atoms with Gasteiger partial charge in [0.15, 0.2) is 0 Å². The summed E-state index contributed by atoms with van der Waals surface area (Å²) in [7, 11) is -0.333. The maximum Gasteiger partial charge on any atom is 0.494 e. The van der Waals surface area contributed by atoms with Crippen LogP contribution in [0.2, 0.25) is 0 Å². The minimum Gasteiger partial charge on any atom is -0.399 e. The highest BCUT2D eigenvalue weighted by atomic mass is 16.7. The molecule has 0 bridgehead atoms. The lowest BCUT2D eigenvalue weighted by molar-refractivity contribution is 0.00578. The number of rotatable bonds is 2. The Hall–Kier alpha value is -1.37. The first-order chi connectivity index (χ1) is 11.9. The van der Waals surface area contributed by atoms with Gasteiger partial charge >= 0.3 is 7.12 Å². The summed E-state index contributed by atoms with van der Waals surface area (Å²) < 4.78 is 12.3. The van der Waals surface area contributed by atoms with Crippen LogP contribution in [0.25, 0.3) is 11.0 Å². The van der Waals surface area contributed by atoms with Crippen LogP contribution in [0.1, 0.15) is 66.3 Å². The molecule has 6 heteroatoms. The highest BCUT2D eigenvalue weighted by Gasteiger charge is 2.51. The first-order valence-electron chi connectivity index (χ1n) is 9.44. The fourth-order valence-electron chi connectivity index (χ4n) is 3.26. The van der Waals surface area contributed by atoms with Crippen LogP contribution < -0.4 is 10.8 Å². The summed E-state index contributed by atoms with van der Waals surface area (Å²) in [5.41, 5.74) is 2.43. The number of imidazole rings is 1. The molecule has 3 heterocycles. The Balaban J connectivity index is 0.000000880. The molecule has 2 aliphatic rings. The van der Waals surface area contributed by atoms with Gasteiger partial charge in [-0.3, -0.25) is 0 Å². The summed E-state index contributed by atoms with van der Waals surface area (Å²) >= 11 is 0. The molecule has 2 N–H and O–H groups in total. The van der Waals surface area contributed by atoms with Crippen molar-refractivity contribution in [1.82, 2.24) is 15.3 Å². The SMILES string of the molecule is CC.CC1(C)OB(c2ccc3nc(C4CCCN4)[nH]c3c2)OC1(C)C. The zero-order valence-electron chi connectivity index (χ0n) is 16.3. The summed E-state index contributed by atoms with van der Waals surface area (Å²) in [4.78, 5) is 8.18. The second-order valence-corrected chi connectivity index (χ2v) is 7.64. The lowest BCUT2D eigenvalue weighted by atomic mass is 9.79. The number of hydrogen-bond donors (Lipinski definition) is 2. The van der Waals surface area contributed by atoms with Crippen molar-refractivity contribution in [2.24, 2.45) is 0 Å². The van der Waals surface area contributed by atoms with Gasteiger partial charge in [0.1, 0.15) is 5.82 Å². The predicted molar refractivity (Wildman–Crippen MR) is 103 cm³/mol. The monoisotopic (exact) mass is 343 g/mol. The molecule has 5 nitrogen and oxygen atoms in total. The summed E-state index contributed by atoms with van der Waals surface area (Å²) in [6.07, 6.45) is 2.35. The van der Waals surface area contributed by atoms with Crippen LogP contribution in [0, 0.1) is 0 Å². The van der Waals surface area contributed by atoms with Crippen molar-refractivity contribution in [3.63, 3.8) is 0 Å². The molecule has 0 saturated carbocycles. The number of nitrogens with one attached hydrogen (secondary N) is 2.